The third kappa shape index (κ3) is 11.1. The second-order valence-corrected chi connectivity index (χ2v) is 24.3. The summed E-state index contributed by atoms with van der Waals surface area (Å²) < 4.78 is 59.3. The Bertz CT molecular complexity index is 3470. The van der Waals surface area contributed by atoms with Gasteiger partial charge < -0.3 is 34.6 Å². The van der Waals surface area contributed by atoms with Crippen LogP contribution in [0.1, 0.15) is 105 Å². The molecule has 18 nitrogen and oxygen atoms in total. The quantitative estimate of drug-likeness (QED) is 0.0495. The van der Waals surface area contributed by atoms with Gasteiger partial charge in [-0.05, 0) is 130 Å². The molecule has 3 aromatic heterocycles. The minimum absolute atomic E-state index is 0.0967. The van der Waals surface area contributed by atoms with Crippen molar-refractivity contribution in [2.45, 2.75) is 102 Å². The molecule has 1 atom stereocenters. The highest BCUT2D eigenvalue weighted by molar-refractivity contribution is 7.90. The number of aromatic nitrogens is 4. The van der Waals surface area contributed by atoms with E-state index in [4.69, 9.17) is 9.47 Å². The molecule has 1 aliphatic carbocycles. The first kappa shape index (κ1) is 53.9. The van der Waals surface area contributed by atoms with Crippen molar-refractivity contribution in [2.75, 3.05) is 69.7 Å². The molecule has 4 N–H and O–H groups in total. The minimum atomic E-state index is -4.88. The molecule has 1 amide bonds. The number of methoxy groups -OCH3 is 1. The normalized spacial score (nSPS) is 18.9. The molecule has 3 saturated heterocycles. The number of nitrogens with one attached hydrogen (secondary N) is 4. The molecule has 1 saturated carbocycles. The number of hydrogen-bond donors (Lipinski definition) is 4. The number of nitrogens with zero attached hydrogens (tertiary/aromatic N) is 7. The van der Waals surface area contributed by atoms with Crippen molar-refractivity contribution in [2.24, 2.45) is 11.3 Å². The number of piperidine rings is 2. The lowest BCUT2D eigenvalue weighted by atomic mass is 9.59. The number of halogens is 1. The molecule has 4 fully saturated rings. The Labute approximate surface area is 460 Å². The van der Waals surface area contributed by atoms with Gasteiger partial charge in [0.15, 0.2) is 0 Å². The van der Waals surface area contributed by atoms with Crippen molar-refractivity contribution in [1.29, 1.82) is 0 Å². The van der Waals surface area contributed by atoms with Crippen LogP contribution in [0.2, 0.25) is 0 Å². The highest BCUT2D eigenvalue weighted by Crippen LogP contribution is 2.54. The Hall–Kier alpha value is -7.13. The molecule has 4 aliphatic rings. The fourth-order valence-corrected chi connectivity index (χ4v) is 13.9. The number of H-pyrrole nitrogens is 2. The van der Waals surface area contributed by atoms with Gasteiger partial charge in [0.25, 0.3) is 21.6 Å². The van der Waals surface area contributed by atoms with Crippen LogP contribution >= 0.6 is 0 Å². The minimum Gasteiger partial charge on any atom is -0.497 e. The van der Waals surface area contributed by atoms with Crippen LogP contribution in [0.3, 0.4) is 0 Å². The van der Waals surface area contributed by atoms with Crippen LogP contribution in [0.25, 0.3) is 22.1 Å². The molecule has 4 aromatic carbocycles. The summed E-state index contributed by atoms with van der Waals surface area (Å²) >= 11 is 0. The zero-order chi connectivity index (χ0) is 55.2. The molecule has 0 bridgehead atoms. The summed E-state index contributed by atoms with van der Waals surface area (Å²) in [6.07, 6.45) is 10.0. The lowest BCUT2D eigenvalue weighted by Gasteiger charge is -2.58. The number of carbonyl (C=O) groups excluding carboxylic acids is 1. The van der Waals surface area contributed by atoms with Crippen molar-refractivity contribution in [1.82, 2.24) is 39.4 Å². The predicted octanol–water partition coefficient (Wildman–Crippen LogP) is 10.4. The number of sulfonamides is 1. The molecule has 3 aliphatic heterocycles. The number of piperazine rings is 1. The first-order valence-corrected chi connectivity index (χ1v) is 29.1. The van der Waals surface area contributed by atoms with Crippen molar-refractivity contribution in [3.63, 3.8) is 0 Å². The number of fused-ring (bicyclic) bond motifs is 2. The number of nitro benzene ring substituents is 1. The first-order valence-electron chi connectivity index (χ1n) is 27.6. The molecule has 7 aromatic rings. The van der Waals surface area contributed by atoms with Gasteiger partial charge in [0.05, 0.1) is 41.3 Å². The van der Waals surface area contributed by atoms with Crippen LogP contribution < -0.4 is 24.4 Å². The van der Waals surface area contributed by atoms with E-state index in [-0.39, 0.29) is 51.3 Å². The van der Waals surface area contributed by atoms with Gasteiger partial charge in [-0.2, -0.15) is 0 Å². The van der Waals surface area contributed by atoms with E-state index < -0.39 is 42.8 Å². The largest absolute Gasteiger partial charge is 0.497 e. The molecule has 79 heavy (non-hydrogen) atoms. The maximum atomic E-state index is 16.8. The van der Waals surface area contributed by atoms with E-state index in [1.807, 2.05) is 17.0 Å². The van der Waals surface area contributed by atoms with Gasteiger partial charge in [-0.25, -0.2) is 27.5 Å². The topological polar surface area (TPSA) is 207 Å². The van der Waals surface area contributed by atoms with Gasteiger partial charge in [-0.15, -0.1) is 0 Å². The Balaban J connectivity index is 0.813. The van der Waals surface area contributed by atoms with Crippen molar-refractivity contribution >= 4 is 55.1 Å². The summed E-state index contributed by atoms with van der Waals surface area (Å²) in [5, 5.41) is 16.6. The number of ether oxygens (including phenoxy) is 2. The number of imidazole rings is 1. The van der Waals surface area contributed by atoms with Crippen LogP contribution in [0, 0.1) is 27.3 Å². The van der Waals surface area contributed by atoms with Gasteiger partial charge in [0, 0.05) is 87.7 Å². The predicted molar refractivity (Wildman–Crippen MR) is 303 cm³/mol. The summed E-state index contributed by atoms with van der Waals surface area (Å²) in [6, 6.07) is 25.2. The Morgan fingerprint density at radius 3 is 2.41 bits per heavy atom. The number of amides is 1. The Kier molecular flexibility index (Phi) is 15.1. The lowest BCUT2D eigenvalue weighted by Crippen LogP contribution is -2.60. The van der Waals surface area contributed by atoms with E-state index >= 15 is 4.39 Å². The van der Waals surface area contributed by atoms with Crippen LogP contribution in [0.5, 0.6) is 17.2 Å². The van der Waals surface area contributed by atoms with Crippen molar-refractivity contribution in [3.05, 3.63) is 136 Å². The third-order valence-corrected chi connectivity index (χ3v) is 18.6. The van der Waals surface area contributed by atoms with E-state index in [2.05, 4.69) is 109 Å². The maximum absolute atomic E-state index is 16.8. The summed E-state index contributed by atoms with van der Waals surface area (Å²) in [4.78, 5) is 50.0. The fourth-order valence-electron chi connectivity index (χ4n) is 12.7. The monoisotopic (exact) mass is 1100 g/mol. The van der Waals surface area contributed by atoms with Gasteiger partial charge in [-0.3, -0.25) is 24.7 Å². The number of likely N-dealkylation sites (tertiary alicyclic amines) is 1. The first-order chi connectivity index (χ1) is 38.0. The van der Waals surface area contributed by atoms with E-state index in [1.165, 1.54) is 35.3 Å². The molecule has 416 valence electrons. The van der Waals surface area contributed by atoms with Gasteiger partial charge in [0.2, 0.25) is 0 Å². The number of aromatic amines is 2. The van der Waals surface area contributed by atoms with E-state index in [0.717, 1.165) is 101 Å². The van der Waals surface area contributed by atoms with E-state index in [1.54, 1.807) is 25.4 Å². The highest BCUT2D eigenvalue weighted by atomic mass is 32.2. The molecule has 6 heterocycles. The standard InChI is InChI=1S/C59H70FN11O7S/c1-37(2)45-8-6-7-9-46(45)51-35-67(34-40-10-12-43(77-5)13-11-40)24-25-70(51)42-30-59(31-42)17-22-69(23-18-59)49-28-52(78-44-26-41-14-19-61-57(41)63-33-44)47(27-48(49)60)58(72)66-79(75,76)53-29-50(71(73)74)54(56-55(53)64-36-65-56)62-32-39-15-20-68(21-16-39)38(3)4/h6-14,19,26-29,33,36-39,42,51,62H,15-18,20-25,30-32,34-35H2,1-5H3,(H,61,63)(H,64,65)(H,66,72). The Morgan fingerprint density at radius 1 is 0.924 bits per heavy atom. The summed E-state index contributed by atoms with van der Waals surface area (Å²) in [5.74, 6) is -0.325. The second kappa shape index (κ2) is 22.2. The van der Waals surface area contributed by atoms with Crippen molar-refractivity contribution in [3.8, 4) is 17.2 Å². The summed E-state index contributed by atoms with van der Waals surface area (Å²) in [5.41, 5.74) is 4.14. The SMILES string of the molecule is COc1ccc(CN2CCN(C3CC4(CCN(c5cc(Oc6cnc7[nH]ccc7c6)c(C(=O)NS(=O)(=O)c6cc([N+](=O)[O-])c(NCC7CCN(C(C)C)CC7)c7[nH]cnc67)cc5F)CC4)C3)C(c3ccccc3C(C)C)C2)cc1. The smallest absolute Gasteiger partial charge is 0.296 e. The van der Waals surface area contributed by atoms with Gasteiger partial charge >= 0.3 is 0 Å². The van der Waals surface area contributed by atoms with Gasteiger partial charge in [-0.1, -0.05) is 50.2 Å². The Morgan fingerprint density at radius 2 is 1.68 bits per heavy atom. The third-order valence-electron chi connectivity index (χ3n) is 17.2. The number of nitro groups is 1. The van der Waals surface area contributed by atoms with Crippen LogP contribution in [-0.2, 0) is 16.6 Å². The molecule has 0 radical (unpaired) electrons. The zero-order valence-corrected chi connectivity index (χ0v) is 46.3. The number of hydrogen-bond acceptors (Lipinski definition) is 14. The lowest BCUT2D eigenvalue weighted by molar-refractivity contribution is -0.384. The molecule has 20 heteroatoms. The van der Waals surface area contributed by atoms with E-state index in [0.29, 0.717) is 43.3 Å². The molecule has 11 rings (SSSR count). The number of carbonyl (C=O) groups is 1. The molecule has 1 spiro atoms. The number of anilines is 2. The van der Waals surface area contributed by atoms with Crippen LogP contribution in [0.4, 0.5) is 21.5 Å². The fraction of sp³-hybridized carbons (Fsp3) is 0.441. The zero-order valence-electron chi connectivity index (χ0n) is 45.5. The second-order valence-electron chi connectivity index (χ2n) is 22.7. The number of pyridine rings is 1. The van der Waals surface area contributed by atoms with Crippen LogP contribution in [0.15, 0.2) is 102 Å². The van der Waals surface area contributed by atoms with Crippen molar-refractivity contribution < 1.29 is 32.0 Å². The van der Waals surface area contributed by atoms with E-state index in [9.17, 15) is 23.3 Å². The molecule has 1 unspecified atom stereocenters. The number of rotatable bonds is 17. The summed E-state index contributed by atoms with van der Waals surface area (Å²) in [6.45, 7) is 15.9. The molecular formula is C59H70FN11O7S. The average Bonchev–Trinajstić information content (AvgIpc) is 4.14. The maximum Gasteiger partial charge on any atom is 0.296 e. The summed E-state index contributed by atoms with van der Waals surface area (Å²) in [7, 11) is -3.19. The van der Waals surface area contributed by atoms with Gasteiger partial charge in [0.1, 0.15) is 44.8 Å². The highest BCUT2D eigenvalue weighted by Gasteiger charge is 2.50. The van der Waals surface area contributed by atoms with Crippen LogP contribution in [-0.4, -0.2) is 125 Å². The number of benzene rings is 4. The average molecular weight is 1100 g/mol. The molecular weight excluding hydrogens is 1030 g/mol.